The molecule has 17 heavy (non-hydrogen) atoms. The van der Waals surface area contributed by atoms with Gasteiger partial charge in [-0.3, -0.25) is 0 Å². The smallest absolute Gasteiger partial charge is 0.0445 e. The second kappa shape index (κ2) is 6.19. The van der Waals surface area contributed by atoms with Crippen molar-refractivity contribution in [3.63, 3.8) is 0 Å². The van der Waals surface area contributed by atoms with Crippen molar-refractivity contribution in [2.24, 2.45) is 17.3 Å². The van der Waals surface area contributed by atoms with Crippen LogP contribution in [0, 0.1) is 17.3 Å². The molecule has 0 aliphatic heterocycles. The molecule has 0 amide bonds. The number of rotatable bonds is 5. The summed E-state index contributed by atoms with van der Waals surface area (Å²) >= 11 is 0. The van der Waals surface area contributed by atoms with Crippen molar-refractivity contribution in [2.75, 3.05) is 6.61 Å². The molecule has 3 unspecified atom stereocenters. The molecule has 0 aromatic carbocycles. The van der Waals surface area contributed by atoms with Crippen LogP contribution in [0.15, 0.2) is 0 Å². The van der Waals surface area contributed by atoms with E-state index in [4.69, 9.17) is 5.11 Å². The van der Waals surface area contributed by atoms with E-state index < -0.39 is 0 Å². The molecule has 0 heterocycles. The molecule has 0 bridgehead atoms. The molecule has 2 nitrogen and oxygen atoms in total. The van der Waals surface area contributed by atoms with E-state index in [9.17, 15) is 0 Å². The Labute approximate surface area is 107 Å². The predicted octanol–water partition coefficient (Wildman–Crippen LogP) is 3.20. The minimum atomic E-state index is 0.293. The molecule has 102 valence electrons. The SMILES string of the molecule is CC1CC(NC(CCO)C(C)C)CC(C)(C)C1. The quantitative estimate of drug-likeness (QED) is 0.775. The second-order valence-corrected chi connectivity index (χ2v) is 7.14. The highest BCUT2D eigenvalue weighted by Crippen LogP contribution is 2.38. The lowest BCUT2D eigenvalue weighted by Crippen LogP contribution is -2.47. The number of aliphatic hydroxyl groups excluding tert-OH is 1. The van der Waals surface area contributed by atoms with Gasteiger partial charge in [0.1, 0.15) is 0 Å². The van der Waals surface area contributed by atoms with Gasteiger partial charge in [-0.2, -0.15) is 0 Å². The van der Waals surface area contributed by atoms with E-state index in [1.54, 1.807) is 0 Å². The van der Waals surface area contributed by atoms with Gasteiger partial charge in [0.2, 0.25) is 0 Å². The average molecular weight is 241 g/mol. The van der Waals surface area contributed by atoms with Crippen LogP contribution in [-0.2, 0) is 0 Å². The van der Waals surface area contributed by atoms with E-state index in [-0.39, 0.29) is 0 Å². The van der Waals surface area contributed by atoms with Gasteiger partial charge in [-0.1, -0.05) is 34.6 Å². The zero-order chi connectivity index (χ0) is 13.1. The summed E-state index contributed by atoms with van der Waals surface area (Å²) in [5, 5.41) is 12.9. The molecule has 0 aromatic rings. The van der Waals surface area contributed by atoms with E-state index >= 15 is 0 Å². The molecule has 1 rings (SSSR count). The third-order valence-electron chi connectivity index (χ3n) is 4.08. The first-order valence-corrected chi connectivity index (χ1v) is 7.21. The maximum atomic E-state index is 9.13. The summed E-state index contributed by atoms with van der Waals surface area (Å²) in [6.45, 7) is 11.9. The molecule has 1 fully saturated rings. The Kier molecular flexibility index (Phi) is 5.46. The van der Waals surface area contributed by atoms with Crippen molar-refractivity contribution in [3.05, 3.63) is 0 Å². The zero-order valence-corrected chi connectivity index (χ0v) is 12.3. The van der Waals surface area contributed by atoms with Crippen molar-refractivity contribution in [1.82, 2.24) is 5.32 Å². The van der Waals surface area contributed by atoms with Crippen molar-refractivity contribution < 1.29 is 5.11 Å². The van der Waals surface area contributed by atoms with E-state index in [0.717, 1.165) is 12.3 Å². The van der Waals surface area contributed by atoms with Crippen LogP contribution in [0.1, 0.15) is 60.3 Å². The Bertz CT molecular complexity index is 225. The molecule has 0 aromatic heterocycles. The van der Waals surface area contributed by atoms with Crippen molar-refractivity contribution in [3.8, 4) is 0 Å². The molecule has 3 atom stereocenters. The molecule has 0 saturated heterocycles. The molecule has 1 aliphatic rings. The zero-order valence-electron chi connectivity index (χ0n) is 12.3. The average Bonchev–Trinajstić information content (AvgIpc) is 2.13. The number of hydrogen-bond donors (Lipinski definition) is 2. The minimum absolute atomic E-state index is 0.293. The van der Waals surface area contributed by atoms with Crippen LogP contribution in [-0.4, -0.2) is 23.8 Å². The first-order chi connectivity index (χ1) is 7.84. The third kappa shape index (κ3) is 4.97. The van der Waals surface area contributed by atoms with Crippen molar-refractivity contribution >= 4 is 0 Å². The van der Waals surface area contributed by atoms with Gasteiger partial charge in [0.05, 0.1) is 0 Å². The largest absolute Gasteiger partial charge is 0.396 e. The number of hydrogen-bond acceptors (Lipinski definition) is 2. The van der Waals surface area contributed by atoms with Crippen LogP contribution < -0.4 is 5.32 Å². The van der Waals surface area contributed by atoms with Crippen LogP contribution in [0.4, 0.5) is 0 Å². The molecule has 2 heteroatoms. The summed E-state index contributed by atoms with van der Waals surface area (Å²) in [7, 11) is 0. The summed E-state index contributed by atoms with van der Waals surface area (Å²) < 4.78 is 0. The normalized spacial score (nSPS) is 30.5. The number of nitrogens with one attached hydrogen (secondary N) is 1. The Morgan fingerprint density at radius 3 is 2.41 bits per heavy atom. The summed E-state index contributed by atoms with van der Waals surface area (Å²) in [6, 6.07) is 1.10. The fourth-order valence-electron chi connectivity index (χ4n) is 3.52. The molecular formula is C15H31NO. The lowest BCUT2D eigenvalue weighted by Gasteiger charge is -2.41. The Balaban J connectivity index is 2.54. The fourth-order valence-corrected chi connectivity index (χ4v) is 3.52. The summed E-state index contributed by atoms with van der Waals surface area (Å²) in [5.74, 6) is 1.42. The van der Waals surface area contributed by atoms with Crippen LogP contribution in [0.3, 0.4) is 0 Å². The van der Waals surface area contributed by atoms with Crippen LogP contribution in [0.5, 0.6) is 0 Å². The molecule has 2 N–H and O–H groups in total. The Hall–Kier alpha value is -0.0800. The first kappa shape index (κ1) is 15.0. The monoisotopic (exact) mass is 241 g/mol. The first-order valence-electron chi connectivity index (χ1n) is 7.21. The van der Waals surface area contributed by atoms with Crippen molar-refractivity contribution in [2.45, 2.75) is 72.4 Å². The van der Waals surface area contributed by atoms with Gasteiger partial charge in [-0.05, 0) is 42.9 Å². The second-order valence-electron chi connectivity index (χ2n) is 7.14. The number of aliphatic hydroxyl groups is 1. The fraction of sp³-hybridized carbons (Fsp3) is 1.00. The molecule has 1 saturated carbocycles. The Morgan fingerprint density at radius 1 is 1.29 bits per heavy atom. The maximum absolute atomic E-state index is 9.13. The molecule has 1 aliphatic carbocycles. The van der Waals surface area contributed by atoms with Gasteiger partial charge >= 0.3 is 0 Å². The molecule has 0 radical (unpaired) electrons. The van der Waals surface area contributed by atoms with Crippen LogP contribution >= 0.6 is 0 Å². The lowest BCUT2D eigenvalue weighted by atomic mass is 9.70. The van der Waals surface area contributed by atoms with E-state index in [0.29, 0.717) is 30.0 Å². The maximum Gasteiger partial charge on any atom is 0.0445 e. The predicted molar refractivity (Wildman–Crippen MR) is 74.0 cm³/mol. The highest BCUT2D eigenvalue weighted by Gasteiger charge is 2.33. The van der Waals surface area contributed by atoms with Crippen LogP contribution in [0.25, 0.3) is 0 Å². The lowest BCUT2D eigenvalue weighted by molar-refractivity contribution is 0.132. The topological polar surface area (TPSA) is 32.3 Å². The van der Waals surface area contributed by atoms with Gasteiger partial charge in [0.15, 0.2) is 0 Å². The summed E-state index contributed by atoms with van der Waals surface area (Å²) in [5.41, 5.74) is 0.468. The highest BCUT2D eigenvalue weighted by molar-refractivity contribution is 4.88. The third-order valence-corrected chi connectivity index (χ3v) is 4.08. The standard InChI is InChI=1S/C15H31NO/c1-11(2)14(6-7-17)16-13-8-12(3)9-15(4,5)10-13/h11-14,16-17H,6-10H2,1-5H3. The van der Waals surface area contributed by atoms with Gasteiger partial charge in [-0.25, -0.2) is 0 Å². The van der Waals surface area contributed by atoms with Crippen molar-refractivity contribution in [1.29, 1.82) is 0 Å². The minimum Gasteiger partial charge on any atom is -0.396 e. The van der Waals surface area contributed by atoms with Crippen LogP contribution in [0.2, 0.25) is 0 Å². The Morgan fingerprint density at radius 2 is 1.94 bits per heavy atom. The highest BCUT2D eigenvalue weighted by atomic mass is 16.3. The molecule has 0 spiro atoms. The van der Waals surface area contributed by atoms with E-state index in [2.05, 4.69) is 39.9 Å². The van der Waals surface area contributed by atoms with E-state index in [1.807, 2.05) is 0 Å². The van der Waals surface area contributed by atoms with Gasteiger partial charge in [-0.15, -0.1) is 0 Å². The van der Waals surface area contributed by atoms with E-state index in [1.165, 1.54) is 19.3 Å². The van der Waals surface area contributed by atoms with Gasteiger partial charge in [0.25, 0.3) is 0 Å². The van der Waals surface area contributed by atoms with Gasteiger partial charge in [0, 0.05) is 18.7 Å². The van der Waals surface area contributed by atoms with Gasteiger partial charge < -0.3 is 10.4 Å². The summed E-state index contributed by atoms with van der Waals surface area (Å²) in [6.07, 6.45) is 4.78. The summed E-state index contributed by atoms with van der Waals surface area (Å²) in [4.78, 5) is 0. The molecular weight excluding hydrogens is 210 g/mol.